The van der Waals surface area contributed by atoms with E-state index in [2.05, 4.69) is 9.98 Å². The third-order valence-corrected chi connectivity index (χ3v) is 8.05. The number of anilines is 1. The van der Waals surface area contributed by atoms with Crippen LogP contribution in [-0.2, 0) is 9.53 Å². The number of carbonyl (C=O) groups excluding carboxylic acids is 1. The van der Waals surface area contributed by atoms with Crippen LogP contribution in [0.15, 0.2) is 47.5 Å². The highest BCUT2D eigenvalue weighted by Crippen LogP contribution is 2.41. The molecule has 0 amide bonds. The molecule has 0 aliphatic carbocycles. The second-order valence-corrected chi connectivity index (χ2v) is 11.0. The molecule has 3 aromatic rings. The van der Waals surface area contributed by atoms with Gasteiger partial charge in [0.1, 0.15) is 23.1 Å². The second-order valence-electron chi connectivity index (χ2n) is 11.0. The number of nitrogen functional groups attached to an aromatic ring is 1. The molecule has 14 heteroatoms. The predicted octanol–water partition coefficient (Wildman–Crippen LogP) is 4.09. The molecule has 0 saturated carbocycles. The monoisotopic (exact) mass is 637 g/mol. The maximum Gasteiger partial charge on any atom is 0.261 e. The Bertz CT molecular complexity index is 1630. The van der Waals surface area contributed by atoms with Crippen LogP contribution >= 0.6 is 0 Å². The third kappa shape index (κ3) is 6.87. The number of hydrogen-bond acceptors (Lipinski definition) is 11. The van der Waals surface area contributed by atoms with Crippen LogP contribution in [0.1, 0.15) is 30.9 Å². The Morgan fingerprint density at radius 3 is 2.50 bits per heavy atom. The molecule has 1 saturated heterocycles. The van der Waals surface area contributed by atoms with Gasteiger partial charge in [-0.25, -0.2) is 0 Å². The molecular formula is C32H37F2N7O5. The number of rotatable bonds is 12. The molecule has 2 aliphatic heterocycles. The average Bonchev–Trinajstić information content (AvgIpc) is 3.49. The number of aromatic hydroxyl groups is 1. The van der Waals surface area contributed by atoms with Crippen molar-refractivity contribution in [3.8, 4) is 29.0 Å². The number of nitrogens with one attached hydrogen (secondary N) is 1. The zero-order valence-electron chi connectivity index (χ0n) is 25.9. The van der Waals surface area contributed by atoms with Gasteiger partial charge in [-0.3, -0.25) is 20.1 Å². The number of piperidine rings is 1. The second kappa shape index (κ2) is 14.1. The van der Waals surface area contributed by atoms with Crippen LogP contribution in [0.4, 0.5) is 14.5 Å². The fourth-order valence-corrected chi connectivity index (χ4v) is 5.57. The number of aliphatic imine (C=N–C) groups is 1. The first-order valence-electron chi connectivity index (χ1n) is 14.9. The van der Waals surface area contributed by atoms with Crippen LogP contribution in [0, 0.1) is 17.0 Å². The number of phenolic OH excluding ortho intramolecular Hbond substituents is 1. The molecule has 0 radical (unpaired) electrons. The summed E-state index contributed by atoms with van der Waals surface area (Å²) in [6.07, 6.45) is 1.03. The first-order chi connectivity index (χ1) is 22.1. The molecule has 0 spiro atoms. The Balaban J connectivity index is 1.51. The number of nitrogens with two attached hydrogens (primary N) is 1. The number of nitrogens with zero attached hydrogens (tertiary/aromatic N) is 5. The Morgan fingerprint density at radius 2 is 1.87 bits per heavy atom. The van der Waals surface area contributed by atoms with Crippen LogP contribution in [0.25, 0.3) is 0 Å². The summed E-state index contributed by atoms with van der Waals surface area (Å²) in [4.78, 5) is 25.5. The molecule has 3 heterocycles. The first kappa shape index (κ1) is 32.6. The van der Waals surface area contributed by atoms with Crippen LogP contribution in [0.2, 0.25) is 0 Å². The van der Waals surface area contributed by atoms with Crippen molar-refractivity contribution >= 4 is 23.6 Å². The number of halogens is 2. The van der Waals surface area contributed by atoms with Gasteiger partial charge in [0.2, 0.25) is 11.6 Å². The lowest BCUT2D eigenvalue weighted by Gasteiger charge is -2.39. The summed E-state index contributed by atoms with van der Waals surface area (Å²) in [6.45, 7) is 4.54. The van der Waals surface area contributed by atoms with Crippen molar-refractivity contribution in [1.29, 1.82) is 5.41 Å². The minimum absolute atomic E-state index is 0.216. The molecule has 1 aromatic heterocycles. The molecule has 12 nitrogen and oxygen atoms in total. The number of benzene rings is 2. The summed E-state index contributed by atoms with van der Waals surface area (Å²) >= 11 is 0. The van der Waals surface area contributed by atoms with E-state index >= 15 is 8.78 Å². The molecule has 46 heavy (non-hydrogen) atoms. The molecule has 4 N–H and O–H groups in total. The smallest absolute Gasteiger partial charge is 0.261 e. The van der Waals surface area contributed by atoms with Gasteiger partial charge in [0.15, 0.2) is 24.0 Å². The maximum absolute atomic E-state index is 16.3. The number of aldehydes is 1. The Hall–Kier alpha value is -4.82. The van der Waals surface area contributed by atoms with Gasteiger partial charge < -0.3 is 34.9 Å². The van der Waals surface area contributed by atoms with Crippen molar-refractivity contribution in [2.24, 2.45) is 10.7 Å². The standard InChI is InChI=1S/C32H37F2N7O5/c1-4-44-25(18-42)41-13-10-21(11-14-41)40(3)28-26(33)31(45-22-7-5-6-20(16-22)30-37-12-15-39(30)2)38-32(27(28)34)46-24-17-19(29(35)36)8-9-23(24)43/h5-9,16-18,21,25,43H,4,10-15H2,1-3H3,(H3,35,36). The Kier molecular flexibility index (Phi) is 9.97. The lowest BCUT2D eigenvalue weighted by atomic mass is 10.0. The highest BCUT2D eigenvalue weighted by Gasteiger charge is 2.33. The summed E-state index contributed by atoms with van der Waals surface area (Å²) in [5.41, 5.74) is 6.13. The molecule has 244 valence electrons. The van der Waals surface area contributed by atoms with E-state index < -0.39 is 35.3 Å². The molecule has 5 rings (SSSR count). The van der Waals surface area contributed by atoms with Gasteiger partial charge in [0.25, 0.3) is 11.8 Å². The molecule has 1 fully saturated rings. The van der Waals surface area contributed by atoms with Crippen molar-refractivity contribution < 1.29 is 32.9 Å². The summed E-state index contributed by atoms with van der Waals surface area (Å²) in [7, 11) is 3.49. The van der Waals surface area contributed by atoms with Crippen LogP contribution in [0.5, 0.6) is 29.0 Å². The van der Waals surface area contributed by atoms with Crippen LogP contribution in [-0.4, -0.2) is 97.0 Å². The number of likely N-dealkylation sites (tertiary alicyclic amines) is 1. The predicted molar refractivity (Wildman–Crippen MR) is 168 cm³/mol. The topological polar surface area (TPSA) is 150 Å². The maximum atomic E-state index is 16.3. The number of hydrogen-bond donors (Lipinski definition) is 3. The number of phenols is 1. The van der Waals surface area contributed by atoms with Crippen molar-refractivity contribution in [2.45, 2.75) is 32.0 Å². The van der Waals surface area contributed by atoms with Crippen molar-refractivity contribution in [2.75, 3.05) is 51.8 Å². The lowest BCUT2D eigenvalue weighted by molar-refractivity contribution is -0.132. The summed E-state index contributed by atoms with van der Waals surface area (Å²) < 4.78 is 49.7. The summed E-state index contributed by atoms with van der Waals surface area (Å²) in [5, 5.41) is 18.2. The number of likely N-dealkylation sites (N-methyl/N-ethyl adjacent to an activating group) is 1. The third-order valence-electron chi connectivity index (χ3n) is 8.05. The van der Waals surface area contributed by atoms with Crippen molar-refractivity contribution in [3.05, 3.63) is 65.2 Å². The van der Waals surface area contributed by atoms with Crippen molar-refractivity contribution in [3.63, 3.8) is 0 Å². The fraction of sp³-hybridized carbons (Fsp3) is 0.375. The number of amidine groups is 2. The van der Waals surface area contributed by atoms with Crippen molar-refractivity contribution in [1.82, 2.24) is 14.8 Å². The molecule has 2 aliphatic rings. The number of aromatic nitrogens is 1. The Labute approximate surface area is 265 Å². The van der Waals surface area contributed by atoms with E-state index in [1.807, 2.05) is 22.9 Å². The molecule has 0 bridgehead atoms. The van der Waals surface area contributed by atoms with Gasteiger partial charge in [-0.2, -0.15) is 13.8 Å². The zero-order chi connectivity index (χ0) is 33.0. The van der Waals surface area contributed by atoms with E-state index in [0.717, 1.165) is 24.2 Å². The van der Waals surface area contributed by atoms with Gasteiger partial charge in [-0.15, -0.1) is 0 Å². The fourth-order valence-electron chi connectivity index (χ4n) is 5.57. The van der Waals surface area contributed by atoms with Crippen LogP contribution in [0.3, 0.4) is 0 Å². The van der Waals surface area contributed by atoms with E-state index in [1.54, 1.807) is 32.2 Å². The molecule has 1 atom stereocenters. The minimum atomic E-state index is -1.11. The normalized spacial score (nSPS) is 16.2. The highest BCUT2D eigenvalue weighted by atomic mass is 19.1. The first-order valence-corrected chi connectivity index (χ1v) is 14.9. The van der Waals surface area contributed by atoms with Gasteiger partial charge in [0.05, 0.1) is 6.54 Å². The van der Waals surface area contributed by atoms with E-state index in [-0.39, 0.29) is 34.7 Å². The molecular weight excluding hydrogens is 600 g/mol. The number of pyridine rings is 1. The van der Waals surface area contributed by atoms with Gasteiger partial charge >= 0.3 is 0 Å². The number of carbonyl (C=O) groups is 1. The SMILES string of the molecule is CCOC(C=O)N1CCC(N(C)c2c(F)c(Oc3cccc(C4=NCCN4C)c3)nc(Oc3cc(C(=N)N)ccc3O)c2F)CC1. The Morgan fingerprint density at radius 1 is 1.15 bits per heavy atom. The lowest BCUT2D eigenvalue weighted by Crippen LogP contribution is -2.49. The summed E-state index contributed by atoms with van der Waals surface area (Å²) in [5.74, 6) is -3.26. The van der Waals surface area contributed by atoms with E-state index in [1.165, 1.54) is 23.1 Å². The van der Waals surface area contributed by atoms with Gasteiger partial charge in [0, 0.05) is 57.5 Å². The van der Waals surface area contributed by atoms with Gasteiger partial charge in [-0.05, 0) is 50.1 Å². The van der Waals surface area contributed by atoms with E-state index in [0.29, 0.717) is 39.1 Å². The van der Waals surface area contributed by atoms with E-state index in [9.17, 15) is 9.90 Å². The highest BCUT2D eigenvalue weighted by molar-refractivity contribution is 6.00. The number of ether oxygens (including phenoxy) is 3. The largest absolute Gasteiger partial charge is 0.504 e. The zero-order valence-corrected chi connectivity index (χ0v) is 25.9. The molecule has 2 aromatic carbocycles. The molecule has 1 unspecified atom stereocenters. The van der Waals surface area contributed by atoms with E-state index in [4.69, 9.17) is 25.4 Å². The van der Waals surface area contributed by atoms with Crippen LogP contribution < -0.4 is 20.1 Å². The summed E-state index contributed by atoms with van der Waals surface area (Å²) in [6, 6.07) is 10.5. The van der Waals surface area contributed by atoms with Gasteiger partial charge in [-0.1, -0.05) is 12.1 Å². The quantitative estimate of drug-likeness (QED) is 0.151. The average molecular weight is 638 g/mol. The minimum Gasteiger partial charge on any atom is -0.504 e.